The van der Waals surface area contributed by atoms with Crippen LogP contribution in [0.2, 0.25) is 0 Å². The predicted molar refractivity (Wildman–Crippen MR) is 118 cm³/mol. The molecule has 0 saturated heterocycles. The molecular formula is C21H27N5OS2. The Bertz CT molecular complexity index is 890. The van der Waals surface area contributed by atoms with E-state index in [9.17, 15) is 4.79 Å². The van der Waals surface area contributed by atoms with E-state index < -0.39 is 0 Å². The van der Waals surface area contributed by atoms with Gasteiger partial charge in [0.15, 0.2) is 0 Å². The number of tetrazole rings is 1. The molecule has 1 atom stereocenters. The van der Waals surface area contributed by atoms with Gasteiger partial charge in [-0.3, -0.25) is 4.79 Å². The van der Waals surface area contributed by atoms with Crippen LogP contribution in [-0.2, 0) is 24.2 Å². The molecule has 1 unspecified atom stereocenters. The maximum atomic E-state index is 12.4. The summed E-state index contributed by atoms with van der Waals surface area (Å²) in [6.45, 7) is 7.14. The van der Waals surface area contributed by atoms with Gasteiger partial charge < -0.3 is 5.32 Å². The van der Waals surface area contributed by atoms with Crippen LogP contribution in [0.4, 0.5) is 0 Å². The molecule has 0 bridgehead atoms. The highest BCUT2D eigenvalue weighted by Crippen LogP contribution is 2.18. The fraction of sp³-hybridized carbons (Fsp3) is 0.429. The summed E-state index contributed by atoms with van der Waals surface area (Å²) in [7, 11) is 0. The molecule has 0 saturated carbocycles. The molecule has 29 heavy (non-hydrogen) atoms. The first-order valence-corrected chi connectivity index (χ1v) is 11.7. The van der Waals surface area contributed by atoms with E-state index in [-0.39, 0.29) is 17.7 Å². The Labute approximate surface area is 180 Å². The molecule has 0 aliphatic heterocycles. The van der Waals surface area contributed by atoms with Gasteiger partial charge in [0.05, 0.1) is 18.3 Å². The van der Waals surface area contributed by atoms with E-state index in [4.69, 9.17) is 0 Å². The molecule has 0 aliphatic rings. The standard InChI is InChI=1S/C21H27N5OS2/c1-15(2)13-17-6-8-18(9-7-17)16(3)22-20(27)14-29-21-23-24-25-26(21)11-10-19-5-4-12-28-19/h4-9,12,15-16H,10-11,13-14H2,1-3H3,(H,22,27). The highest BCUT2D eigenvalue weighted by atomic mass is 32.2. The molecule has 2 aromatic heterocycles. The van der Waals surface area contributed by atoms with E-state index in [0.29, 0.717) is 17.6 Å². The van der Waals surface area contributed by atoms with Crippen molar-refractivity contribution in [1.82, 2.24) is 25.5 Å². The SMILES string of the molecule is CC(C)Cc1ccc(C(C)NC(=O)CSc2nnnn2CCc2cccs2)cc1. The number of benzene rings is 1. The van der Waals surface area contributed by atoms with E-state index >= 15 is 0 Å². The fourth-order valence-electron chi connectivity index (χ4n) is 3.02. The van der Waals surface area contributed by atoms with Crippen molar-refractivity contribution in [2.45, 2.75) is 51.4 Å². The Morgan fingerprint density at radius 2 is 2.00 bits per heavy atom. The summed E-state index contributed by atoms with van der Waals surface area (Å²) in [5, 5.41) is 17.6. The van der Waals surface area contributed by atoms with Gasteiger partial charge in [-0.2, -0.15) is 0 Å². The van der Waals surface area contributed by atoms with Crippen LogP contribution in [0.3, 0.4) is 0 Å². The van der Waals surface area contributed by atoms with Crippen LogP contribution in [0.25, 0.3) is 0 Å². The van der Waals surface area contributed by atoms with E-state index in [2.05, 4.69) is 70.4 Å². The summed E-state index contributed by atoms with van der Waals surface area (Å²) >= 11 is 3.09. The first kappa shape index (κ1) is 21.5. The van der Waals surface area contributed by atoms with Crippen LogP contribution < -0.4 is 5.32 Å². The van der Waals surface area contributed by atoms with Gasteiger partial charge in [0.25, 0.3) is 0 Å². The van der Waals surface area contributed by atoms with Crippen molar-refractivity contribution in [2.24, 2.45) is 5.92 Å². The Morgan fingerprint density at radius 1 is 1.21 bits per heavy atom. The number of aromatic nitrogens is 4. The number of amides is 1. The summed E-state index contributed by atoms with van der Waals surface area (Å²) in [6, 6.07) is 12.6. The maximum absolute atomic E-state index is 12.4. The molecular weight excluding hydrogens is 402 g/mol. The zero-order valence-electron chi connectivity index (χ0n) is 17.0. The van der Waals surface area contributed by atoms with E-state index in [0.717, 1.165) is 18.4 Å². The summed E-state index contributed by atoms with van der Waals surface area (Å²) in [5.74, 6) is 0.896. The highest BCUT2D eigenvalue weighted by Gasteiger charge is 2.13. The second-order valence-corrected chi connectivity index (χ2v) is 9.41. The van der Waals surface area contributed by atoms with Crippen LogP contribution in [0.15, 0.2) is 46.9 Å². The number of thioether (sulfide) groups is 1. The van der Waals surface area contributed by atoms with E-state index in [1.807, 2.05) is 13.0 Å². The smallest absolute Gasteiger partial charge is 0.230 e. The quantitative estimate of drug-likeness (QED) is 0.490. The minimum absolute atomic E-state index is 0.0263. The van der Waals surface area contributed by atoms with Gasteiger partial charge in [-0.05, 0) is 52.3 Å². The molecule has 6 nitrogen and oxygen atoms in total. The van der Waals surface area contributed by atoms with Crippen molar-refractivity contribution >= 4 is 29.0 Å². The molecule has 0 spiro atoms. The minimum atomic E-state index is -0.0361. The summed E-state index contributed by atoms with van der Waals surface area (Å²) in [5.41, 5.74) is 2.43. The topological polar surface area (TPSA) is 72.7 Å². The average molecular weight is 430 g/mol. The normalized spacial score (nSPS) is 12.3. The third-order valence-corrected chi connectivity index (χ3v) is 6.38. The lowest BCUT2D eigenvalue weighted by Crippen LogP contribution is -2.28. The molecule has 154 valence electrons. The van der Waals surface area contributed by atoms with Crippen molar-refractivity contribution in [1.29, 1.82) is 0 Å². The zero-order chi connectivity index (χ0) is 20.6. The van der Waals surface area contributed by atoms with Crippen LogP contribution in [0.5, 0.6) is 0 Å². The van der Waals surface area contributed by atoms with Gasteiger partial charge >= 0.3 is 0 Å². The number of hydrogen-bond donors (Lipinski definition) is 1. The third-order valence-electron chi connectivity index (χ3n) is 4.48. The third kappa shape index (κ3) is 6.68. The number of carbonyl (C=O) groups excluding carboxylic acids is 1. The molecule has 2 heterocycles. The lowest BCUT2D eigenvalue weighted by atomic mass is 10.00. The van der Waals surface area contributed by atoms with Crippen LogP contribution >= 0.6 is 23.1 Å². The Morgan fingerprint density at radius 3 is 2.69 bits per heavy atom. The van der Waals surface area contributed by atoms with Crippen LogP contribution in [-0.4, -0.2) is 31.9 Å². The molecule has 1 N–H and O–H groups in total. The first-order valence-electron chi connectivity index (χ1n) is 9.81. The summed E-state index contributed by atoms with van der Waals surface area (Å²) in [4.78, 5) is 13.7. The Kier molecular flexibility index (Phi) is 7.83. The number of rotatable bonds is 10. The van der Waals surface area contributed by atoms with Crippen molar-refractivity contribution in [3.63, 3.8) is 0 Å². The summed E-state index contributed by atoms with van der Waals surface area (Å²) < 4.78 is 1.76. The maximum Gasteiger partial charge on any atom is 0.230 e. The molecule has 0 fully saturated rings. The predicted octanol–water partition coefficient (Wildman–Crippen LogP) is 4.15. The van der Waals surface area contributed by atoms with E-state index in [1.165, 1.54) is 22.2 Å². The number of nitrogens with zero attached hydrogens (tertiary/aromatic N) is 4. The molecule has 8 heteroatoms. The van der Waals surface area contributed by atoms with Gasteiger partial charge in [0, 0.05) is 11.3 Å². The summed E-state index contributed by atoms with van der Waals surface area (Å²) in [6.07, 6.45) is 1.95. The van der Waals surface area contributed by atoms with Crippen LogP contribution in [0.1, 0.15) is 42.8 Å². The number of carbonyl (C=O) groups is 1. The number of thiophene rings is 1. The van der Waals surface area contributed by atoms with Gasteiger partial charge in [-0.15, -0.1) is 16.4 Å². The van der Waals surface area contributed by atoms with Gasteiger partial charge in [-0.25, -0.2) is 4.68 Å². The minimum Gasteiger partial charge on any atom is -0.349 e. The van der Waals surface area contributed by atoms with E-state index in [1.54, 1.807) is 16.0 Å². The molecule has 0 aliphatic carbocycles. The molecule has 1 amide bonds. The van der Waals surface area contributed by atoms with Crippen molar-refractivity contribution < 1.29 is 4.79 Å². The Hall–Kier alpha value is -2.19. The zero-order valence-corrected chi connectivity index (χ0v) is 18.7. The second-order valence-electron chi connectivity index (χ2n) is 7.43. The number of nitrogens with one attached hydrogen (secondary N) is 1. The van der Waals surface area contributed by atoms with Crippen LogP contribution in [0, 0.1) is 5.92 Å². The average Bonchev–Trinajstić information content (AvgIpc) is 3.36. The molecule has 3 rings (SSSR count). The highest BCUT2D eigenvalue weighted by molar-refractivity contribution is 7.99. The van der Waals surface area contributed by atoms with Crippen molar-refractivity contribution in [3.05, 3.63) is 57.8 Å². The largest absolute Gasteiger partial charge is 0.349 e. The monoisotopic (exact) mass is 429 g/mol. The molecule has 3 aromatic rings. The molecule has 1 aromatic carbocycles. The van der Waals surface area contributed by atoms with Gasteiger partial charge in [0.1, 0.15) is 0 Å². The lowest BCUT2D eigenvalue weighted by molar-refractivity contribution is -0.119. The number of hydrogen-bond acceptors (Lipinski definition) is 6. The van der Waals surface area contributed by atoms with Gasteiger partial charge in [-0.1, -0.05) is 55.9 Å². The van der Waals surface area contributed by atoms with Gasteiger partial charge in [0.2, 0.25) is 11.1 Å². The second kappa shape index (κ2) is 10.5. The first-order chi connectivity index (χ1) is 14.0. The van der Waals surface area contributed by atoms with Crippen molar-refractivity contribution in [3.8, 4) is 0 Å². The molecule has 0 radical (unpaired) electrons. The number of aryl methyl sites for hydroxylation is 2. The van der Waals surface area contributed by atoms with Crippen molar-refractivity contribution in [2.75, 3.05) is 5.75 Å². The fourth-order valence-corrected chi connectivity index (χ4v) is 4.43. The lowest BCUT2D eigenvalue weighted by Gasteiger charge is -2.15. The Balaban J connectivity index is 1.46.